The third-order valence-electron chi connectivity index (χ3n) is 3.19. The lowest BCUT2D eigenvalue weighted by atomic mass is 10.2. The van der Waals surface area contributed by atoms with Crippen molar-refractivity contribution in [3.63, 3.8) is 0 Å². The highest BCUT2D eigenvalue weighted by atomic mass is 19.4. The fourth-order valence-corrected chi connectivity index (χ4v) is 1.96. The molecule has 0 radical (unpaired) electrons. The Morgan fingerprint density at radius 1 is 0.774 bits per heavy atom. The molecule has 0 unspecified atom stereocenters. The predicted molar refractivity (Wildman–Crippen MR) is 94.3 cm³/mol. The SMILES string of the molecule is COC(=O)c1ccccc1OCC(F)(F)F.O=C(O)c1ccccc1OCC(F)(F)F. The summed E-state index contributed by atoms with van der Waals surface area (Å²) in [4.78, 5) is 21.8. The number of halogens is 6. The number of carboxylic acid groups (broad SMARTS) is 1. The first-order valence-corrected chi connectivity index (χ1v) is 8.23. The minimum Gasteiger partial charge on any atom is -0.483 e. The molecular formula is C19H16F6O6. The predicted octanol–water partition coefficient (Wildman–Crippen LogP) is 4.74. The van der Waals surface area contributed by atoms with Crippen LogP contribution in [0.1, 0.15) is 20.7 Å². The van der Waals surface area contributed by atoms with Crippen LogP contribution < -0.4 is 9.47 Å². The van der Waals surface area contributed by atoms with E-state index in [-0.39, 0.29) is 22.6 Å². The summed E-state index contributed by atoms with van der Waals surface area (Å²) in [6.07, 6.45) is -8.92. The molecule has 170 valence electrons. The lowest BCUT2D eigenvalue weighted by molar-refractivity contribution is -0.154. The summed E-state index contributed by atoms with van der Waals surface area (Å²) in [5.41, 5.74) is -0.323. The Morgan fingerprint density at radius 2 is 1.16 bits per heavy atom. The van der Waals surface area contributed by atoms with Gasteiger partial charge >= 0.3 is 24.3 Å². The quantitative estimate of drug-likeness (QED) is 0.502. The van der Waals surface area contributed by atoms with Gasteiger partial charge in [0.25, 0.3) is 0 Å². The third-order valence-corrected chi connectivity index (χ3v) is 3.19. The highest BCUT2D eigenvalue weighted by Crippen LogP contribution is 2.23. The van der Waals surface area contributed by atoms with Gasteiger partial charge in [0.05, 0.1) is 7.11 Å². The van der Waals surface area contributed by atoms with Crippen LogP contribution in [-0.4, -0.2) is 49.7 Å². The molecule has 2 aromatic carbocycles. The highest BCUT2D eigenvalue weighted by Gasteiger charge is 2.30. The first-order chi connectivity index (χ1) is 14.3. The van der Waals surface area contributed by atoms with E-state index in [1.54, 1.807) is 0 Å². The number of benzene rings is 2. The minimum absolute atomic E-state index is 0.0331. The van der Waals surface area contributed by atoms with Crippen LogP contribution in [0.15, 0.2) is 48.5 Å². The van der Waals surface area contributed by atoms with Gasteiger partial charge in [-0.3, -0.25) is 0 Å². The summed E-state index contributed by atoms with van der Waals surface area (Å²) in [7, 11) is 1.14. The summed E-state index contributed by atoms with van der Waals surface area (Å²) in [5.74, 6) is -2.50. The highest BCUT2D eigenvalue weighted by molar-refractivity contribution is 5.92. The van der Waals surface area contributed by atoms with Crippen molar-refractivity contribution < 1.29 is 55.2 Å². The van der Waals surface area contributed by atoms with Gasteiger partial charge in [-0.1, -0.05) is 24.3 Å². The van der Waals surface area contributed by atoms with Crippen LogP contribution in [0.5, 0.6) is 11.5 Å². The van der Waals surface area contributed by atoms with Crippen molar-refractivity contribution in [2.45, 2.75) is 12.4 Å². The van der Waals surface area contributed by atoms with Crippen molar-refractivity contribution in [1.82, 2.24) is 0 Å². The van der Waals surface area contributed by atoms with E-state index in [1.807, 2.05) is 0 Å². The van der Waals surface area contributed by atoms with Gasteiger partial charge < -0.3 is 19.3 Å². The van der Waals surface area contributed by atoms with E-state index in [2.05, 4.69) is 14.2 Å². The number of ether oxygens (including phenoxy) is 3. The standard InChI is InChI=1S/C10H9F3O3.C9H7F3O3/c1-15-9(14)7-4-2-3-5-8(7)16-6-10(11,12)13;10-9(11,12)5-15-7-4-2-1-3-6(7)8(13)14/h2-5H,6H2,1H3;1-4H,5H2,(H,13,14). The Morgan fingerprint density at radius 3 is 1.55 bits per heavy atom. The second kappa shape index (κ2) is 11.1. The topological polar surface area (TPSA) is 82.1 Å². The van der Waals surface area contributed by atoms with E-state index in [4.69, 9.17) is 5.11 Å². The van der Waals surface area contributed by atoms with Crippen molar-refractivity contribution >= 4 is 11.9 Å². The maximum atomic E-state index is 11.9. The molecule has 0 heterocycles. The van der Waals surface area contributed by atoms with Crippen LogP contribution in [0.25, 0.3) is 0 Å². The zero-order valence-electron chi connectivity index (χ0n) is 15.8. The summed E-state index contributed by atoms with van der Waals surface area (Å²) < 4.78 is 84.4. The lowest BCUT2D eigenvalue weighted by Crippen LogP contribution is -2.20. The molecule has 12 heteroatoms. The average Bonchev–Trinajstić information content (AvgIpc) is 2.70. The number of esters is 1. The fraction of sp³-hybridized carbons (Fsp3) is 0.263. The summed E-state index contributed by atoms with van der Waals surface area (Å²) >= 11 is 0. The smallest absolute Gasteiger partial charge is 0.422 e. The molecule has 0 atom stereocenters. The Balaban J connectivity index is 0.000000311. The fourth-order valence-electron chi connectivity index (χ4n) is 1.96. The number of methoxy groups -OCH3 is 1. The second-order valence-corrected chi connectivity index (χ2v) is 5.60. The molecule has 2 aromatic rings. The maximum Gasteiger partial charge on any atom is 0.422 e. The molecule has 0 saturated heterocycles. The first-order valence-electron chi connectivity index (χ1n) is 8.23. The first kappa shape index (κ1) is 25.6. The molecule has 0 aliphatic rings. The van der Waals surface area contributed by atoms with Crippen LogP contribution in [0, 0.1) is 0 Å². The van der Waals surface area contributed by atoms with Gasteiger partial charge in [-0.05, 0) is 24.3 Å². The number of alkyl halides is 6. The monoisotopic (exact) mass is 454 g/mol. The number of hydrogen-bond acceptors (Lipinski definition) is 5. The summed E-state index contributed by atoms with van der Waals surface area (Å²) in [6, 6.07) is 10.7. The molecule has 0 bridgehead atoms. The number of rotatable bonds is 6. The normalized spacial score (nSPS) is 11.1. The van der Waals surface area contributed by atoms with Gasteiger partial charge in [0.1, 0.15) is 22.6 Å². The summed E-state index contributed by atoms with van der Waals surface area (Å²) in [6.45, 7) is -2.95. The molecule has 1 N–H and O–H groups in total. The number of hydrogen-bond donors (Lipinski definition) is 1. The number of carboxylic acids is 1. The van der Waals surface area contributed by atoms with E-state index >= 15 is 0 Å². The van der Waals surface area contributed by atoms with E-state index < -0.39 is 37.5 Å². The van der Waals surface area contributed by atoms with Gasteiger partial charge in [0, 0.05) is 0 Å². The number of aromatic carboxylic acids is 1. The van der Waals surface area contributed by atoms with Crippen LogP contribution in [-0.2, 0) is 4.74 Å². The molecule has 0 aliphatic carbocycles. The third kappa shape index (κ3) is 9.74. The van der Waals surface area contributed by atoms with Crippen LogP contribution >= 0.6 is 0 Å². The van der Waals surface area contributed by atoms with E-state index in [9.17, 15) is 35.9 Å². The second-order valence-electron chi connectivity index (χ2n) is 5.60. The molecule has 0 saturated carbocycles. The molecule has 0 spiro atoms. The Hall–Kier alpha value is -3.44. The van der Waals surface area contributed by atoms with Crippen molar-refractivity contribution in [3.8, 4) is 11.5 Å². The number of carbonyl (C=O) groups is 2. The Bertz CT molecular complexity index is 879. The number of para-hydroxylation sites is 2. The van der Waals surface area contributed by atoms with Crippen LogP contribution in [0.3, 0.4) is 0 Å². The summed E-state index contributed by atoms with van der Waals surface area (Å²) in [5, 5.41) is 8.63. The Labute approximate surface area is 172 Å². The molecule has 0 aliphatic heterocycles. The van der Waals surface area contributed by atoms with Gasteiger partial charge in [-0.25, -0.2) is 9.59 Å². The molecule has 0 amide bonds. The van der Waals surface area contributed by atoms with Crippen LogP contribution in [0.2, 0.25) is 0 Å². The van der Waals surface area contributed by atoms with Gasteiger partial charge in [-0.15, -0.1) is 0 Å². The van der Waals surface area contributed by atoms with Gasteiger partial charge in [-0.2, -0.15) is 26.3 Å². The largest absolute Gasteiger partial charge is 0.483 e. The molecule has 0 aromatic heterocycles. The molecule has 6 nitrogen and oxygen atoms in total. The van der Waals surface area contributed by atoms with E-state index in [0.29, 0.717) is 0 Å². The van der Waals surface area contributed by atoms with Crippen molar-refractivity contribution in [2.24, 2.45) is 0 Å². The van der Waals surface area contributed by atoms with E-state index in [1.165, 1.54) is 48.5 Å². The lowest BCUT2D eigenvalue weighted by Gasteiger charge is -2.11. The zero-order chi connectivity index (χ0) is 23.7. The maximum absolute atomic E-state index is 11.9. The molecule has 0 fully saturated rings. The molecule has 2 rings (SSSR count). The van der Waals surface area contributed by atoms with Crippen molar-refractivity contribution in [3.05, 3.63) is 59.7 Å². The van der Waals surface area contributed by atoms with Gasteiger partial charge in [0.2, 0.25) is 0 Å². The zero-order valence-corrected chi connectivity index (χ0v) is 15.8. The van der Waals surface area contributed by atoms with Crippen LogP contribution in [0.4, 0.5) is 26.3 Å². The van der Waals surface area contributed by atoms with E-state index in [0.717, 1.165) is 7.11 Å². The average molecular weight is 454 g/mol. The minimum atomic E-state index is -4.48. The Kier molecular flexibility index (Phi) is 9.15. The van der Waals surface area contributed by atoms with Crippen molar-refractivity contribution in [1.29, 1.82) is 0 Å². The number of carbonyl (C=O) groups excluding carboxylic acids is 1. The molecular weight excluding hydrogens is 438 g/mol. The van der Waals surface area contributed by atoms with Gasteiger partial charge in [0.15, 0.2) is 13.2 Å². The molecule has 31 heavy (non-hydrogen) atoms. The van der Waals surface area contributed by atoms with Crippen molar-refractivity contribution in [2.75, 3.05) is 20.3 Å².